The molecule has 0 N–H and O–H groups in total. The Kier molecular flexibility index (Phi) is 10.4. The predicted molar refractivity (Wildman–Crippen MR) is 89.8 cm³/mol. The number of alkyl halides is 1. The Labute approximate surface area is 140 Å². The van der Waals surface area contributed by atoms with Crippen LogP contribution in [0.15, 0.2) is 12.3 Å². The molecule has 0 aromatic rings. The van der Waals surface area contributed by atoms with Crippen molar-refractivity contribution in [3.05, 3.63) is 12.3 Å². The van der Waals surface area contributed by atoms with Crippen LogP contribution in [0.3, 0.4) is 0 Å². The van der Waals surface area contributed by atoms with E-state index in [9.17, 15) is 0 Å². The average Bonchev–Trinajstić information content (AvgIpc) is 2.48. The standard InChI is InChI=1S/C15H29ClO5Si/c1-22(2,3)21-14(12-16)13-18-9-8-17-10-11-20-15-6-4-5-7-19-15/h5,7,14-15H,4,6,8-13H2,1-3H3. The third kappa shape index (κ3) is 10.6. The minimum Gasteiger partial charge on any atom is -0.473 e. The van der Waals surface area contributed by atoms with Crippen LogP contribution in [-0.2, 0) is 23.4 Å². The Hall–Kier alpha value is -0.113. The summed E-state index contributed by atoms with van der Waals surface area (Å²) in [6, 6.07) is 0. The smallest absolute Gasteiger partial charge is 0.199 e. The average molecular weight is 353 g/mol. The molecule has 0 radical (unpaired) electrons. The number of rotatable bonds is 12. The molecule has 5 nitrogen and oxygen atoms in total. The van der Waals surface area contributed by atoms with Crippen molar-refractivity contribution in [2.75, 3.05) is 38.9 Å². The predicted octanol–water partition coefficient (Wildman–Crippen LogP) is 3.15. The highest BCUT2D eigenvalue weighted by Gasteiger charge is 2.20. The van der Waals surface area contributed by atoms with E-state index in [1.807, 2.05) is 6.08 Å². The molecule has 2 atom stereocenters. The van der Waals surface area contributed by atoms with Gasteiger partial charge in [-0.25, -0.2) is 0 Å². The highest BCUT2D eigenvalue weighted by molar-refractivity contribution is 6.69. The Morgan fingerprint density at radius 2 is 1.91 bits per heavy atom. The molecular weight excluding hydrogens is 324 g/mol. The summed E-state index contributed by atoms with van der Waals surface area (Å²) in [5, 5.41) is 0. The fourth-order valence-corrected chi connectivity index (χ4v) is 3.33. The van der Waals surface area contributed by atoms with Gasteiger partial charge < -0.3 is 23.4 Å². The van der Waals surface area contributed by atoms with Crippen LogP contribution >= 0.6 is 11.6 Å². The monoisotopic (exact) mass is 352 g/mol. The Morgan fingerprint density at radius 1 is 1.18 bits per heavy atom. The quantitative estimate of drug-likeness (QED) is 0.307. The summed E-state index contributed by atoms with van der Waals surface area (Å²) in [7, 11) is -1.57. The van der Waals surface area contributed by atoms with Crippen molar-refractivity contribution in [1.82, 2.24) is 0 Å². The molecule has 7 heteroatoms. The Bertz CT molecular complexity index is 309. The maximum atomic E-state index is 5.90. The second-order valence-electron chi connectivity index (χ2n) is 6.08. The van der Waals surface area contributed by atoms with E-state index >= 15 is 0 Å². The summed E-state index contributed by atoms with van der Waals surface area (Å²) in [5.74, 6) is 0.453. The molecule has 22 heavy (non-hydrogen) atoms. The van der Waals surface area contributed by atoms with E-state index in [1.54, 1.807) is 6.26 Å². The second-order valence-corrected chi connectivity index (χ2v) is 10.8. The van der Waals surface area contributed by atoms with E-state index in [0.717, 1.165) is 12.8 Å². The molecule has 1 rings (SSSR count). The molecule has 0 fully saturated rings. The molecule has 0 aliphatic carbocycles. The molecule has 0 spiro atoms. The zero-order chi connectivity index (χ0) is 16.3. The van der Waals surface area contributed by atoms with E-state index in [-0.39, 0.29) is 12.4 Å². The summed E-state index contributed by atoms with van der Waals surface area (Å²) in [6.45, 7) is 9.07. The molecule has 0 bridgehead atoms. The highest BCUT2D eigenvalue weighted by atomic mass is 35.5. The van der Waals surface area contributed by atoms with Crippen LogP contribution in [0.25, 0.3) is 0 Å². The van der Waals surface area contributed by atoms with Gasteiger partial charge in [0, 0.05) is 12.3 Å². The summed E-state index contributed by atoms with van der Waals surface area (Å²) in [6.07, 6.45) is 5.42. The van der Waals surface area contributed by atoms with E-state index in [2.05, 4.69) is 19.6 Å². The van der Waals surface area contributed by atoms with Crippen LogP contribution in [0.2, 0.25) is 19.6 Å². The first-order valence-electron chi connectivity index (χ1n) is 7.82. The summed E-state index contributed by atoms with van der Waals surface area (Å²) in [5.41, 5.74) is 0. The molecule has 0 aromatic carbocycles. The van der Waals surface area contributed by atoms with Gasteiger partial charge in [0.05, 0.1) is 45.4 Å². The van der Waals surface area contributed by atoms with Crippen LogP contribution in [0.5, 0.6) is 0 Å². The van der Waals surface area contributed by atoms with Crippen LogP contribution in [0.4, 0.5) is 0 Å². The van der Waals surface area contributed by atoms with Gasteiger partial charge in [-0.3, -0.25) is 0 Å². The van der Waals surface area contributed by atoms with Gasteiger partial charge >= 0.3 is 0 Å². The molecule has 0 aromatic heterocycles. The van der Waals surface area contributed by atoms with Crippen LogP contribution in [0.1, 0.15) is 12.8 Å². The molecular formula is C15H29ClO5Si. The van der Waals surface area contributed by atoms with Gasteiger partial charge in [-0.2, -0.15) is 0 Å². The number of halogens is 1. The maximum absolute atomic E-state index is 5.90. The van der Waals surface area contributed by atoms with Crippen molar-refractivity contribution >= 4 is 19.9 Å². The molecule has 130 valence electrons. The molecule has 0 saturated heterocycles. The maximum Gasteiger partial charge on any atom is 0.199 e. The summed E-state index contributed by atoms with van der Waals surface area (Å²) >= 11 is 5.88. The van der Waals surface area contributed by atoms with E-state index in [4.69, 9.17) is 35.0 Å². The van der Waals surface area contributed by atoms with Gasteiger partial charge in [0.25, 0.3) is 0 Å². The number of hydrogen-bond donors (Lipinski definition) is 0. The second kappa shape index (κ2) is 11.4. The van der Waals surface area contributed by atoms with Crippen molar-refractivity contribution in [2.24, 2.45) is 0 Å². The molecule has 2 unspecified atom stereocenters. The lowest BCUT2D eigenvalue weighted by atomic mass is 10.3. The summed E-state index contributed by atoms with van der Waals surface area (Å²) in [4.78, 5) is 0. The van der Waals surface area contributed by atoms with Crippen LogP contribution in [-0.4, -0.2) is 59.6 Å². The van der Waals surface area contributed by atoms with Crippen LogP contribution in [0, 0.1) is 0 Å². The normalized spacial score (nSPS) is 19.9. The zero-order valence-corrected chi connectivity index (χ0v) is 15.6. The lowest BCUT2D eigenvalue weighted by molar-refractivity contribution is -0.127. The number of allylic oxidation sites excluding steroid dienone is 1. The fraction of sp³-hybridized carbons (Fsp3) is 0.867. The molecule has 1 aliphatic heterocycles. The first-order chi connectivity index (χ1) is 10.5. The molecule has 0 amide bonds. The zero-order valence-electron chi connectivity index (χ0n) is 13.9. The number of ether oxygens (including phenoxy) is 4. The highest BCUT2D eigenvalue weighted by Crippen LogP contribution is 2.11. The van der Waals surface area contributed by atoms with Crippen molar-refractivity contribution in [3.63, 3.8) is 0 Å². The van der Waals surface area contributed by atoms with Crippen molar-refractivity contribution in [1.29, 1.82) is 0 Å². The fourth-order valence-electron chi connectivity index (χ4n) is 1.92. The minimum absolute atomic E-state index is 0.0341. The van der Waals surface area contributed by atoms with Gasteiger partial charge in [-0.15, -0.1) is 11.6 Å². The van der Waals surface area contributed by atoms with Gasteiger partial charge in [0.15, 0.2) is 14.6 Å². The molecule has 1 aliphatic rings. The van der Waals surface area contributed by atoms with Crippen molar-refractivity contribution in [2.45, 2.75) is 44.9 Å². The van der Waals surface area contributed by atoms with Gasteiger partial charge in [0.1, 0.15) is 0 Å². The molecule has 0 saturated carbocycles. The molecule has 1 heterocycles. The Balaban J connectivity index is 1.91. The first kappa shape index (κ1) is 19.9. The van der Waals surface area contributed by atoms with Crippen molar-refractivity contribution in [3.8, 4) is 0 Å². The third-order valence-electron chi connectivity index (χ3n) is 2.80. The lowest BCUT2D eigenvalue weighted by Gasteiger charge is -2.24. The van der Waals surface area contributed by atoms with E-state index in [0.29, 0.717) is 38.9 Å². The van der Waals surface area contributed by atoms with Gasteiger partial charge in [0.2, 0.25) is 0 Å². The summed E-state index contributed by atoms with van der Waals surface area (Å²) < 4.78 is 27.7. The SMILES string of the molecule is C[Si](C)(C)OC(CCl)COCCOCCOC1CCC=CO1. The largest absolute Gasteiger partial charge is 0.473 e. The van der Waals surface area contributed by atoms with Crippen LogP contribution < -0.4 is 0 Å². The first-order valence-corrected chi connectivity index (χ1v) is 11.8. The third-order valence-corrected chi connectivity index (χ3v) is 4.18. The van der Waals surface area contributed by atoms with Crippen molar-refractivity contribution < 1.29 is 23.4 Å². The number of hydrogen-bond acceptors (Lipinski definition) is 5. The van der Waals surface area contributed by atoms with Gasteiger partial charge in [-0.05, 0) is 32.1 Å². The van der Waals surface area contributed by atoms with Gasteiger partial charge in [-0.1, -0.05) is 0 Å². The Morgan fingerprint density at radius 3 is 2.55 bits per heavy atom. The topological polar surface area (TPSA) is 46.2 Å². The lowest BCUT2D eigenvalue weighted by Crippen LogP contribution is -2.35. The van der Waals surface area contributed by atoms with E-state index < -0.39 is 8.32 Å². The minimum atomic E-state index is -1.57. The van der Waals surface area contributed by atoms with E-state index in [1.165, 1.54) is 0 Å².